The van der Waals surface area contributed by atoms with Gasteiger partial charge in [0.25, 0.3) is 0 Å². The minimum Gasteiger partial charge on any atom is -0.444 e. The van der Waals surface area contributed by atoms with Crippen LogP contribution in [0.4, 0.5) is 10.5 Å². The third-order valence-corrected chi connectivity index (χ3v) is 5.23. The number of benzene rings is 1. The molecule has 0 radical (unpaired) electrons. The molecular weight excluding hydrogens is 350 g/mol. The van der Waals surface area contributed by atoms with Crippen LogP contribution in [0.15, 0.2) is 24.3 Å². The second kappa shape index (κ2) is 6.47. The summed E-state index contributed by atoms with van der Waals surface area (Å²) < 4.78 is 5.50. The van der Waals surface area contributed by atoms with E-state index in [1.807, 2.05) is 45.0 Å². The molecule has 2 unspecified atom stereocenters. The molecule has 0 aromatic heterocycles. The normalized spacial score (nSPS) is 28.0. The van der Waals surface area contributed by atoms with Crippen LogP contribution in [-0.4, -0.2) is 48.4 Å². The lowest BCUT2D eigenvalue weighted by Gasteiger charge is -2.32. The number of carbonyl (C=O) groups is 2. The van der Waals surface area contributed by atoms with Gasteiger partial charge in [0.1, 0.15) is 5.60 Å². The van der Waals surface area contributed by atoms with E-state index in [0.717, 1.165) is 11.3 Å². The Morgan fingerprint density at radius 1 is 1.33 bits per heavy atom. The fourth-order valence-electron chi connectivity index (χ4n) is 4.05. The number of carbonyl (C=O) groups excluding carboxylic acids is 2. The second-order valence-electron chi connectivity index (χ2n) is 8.22. The molecular formula is C19H25N3O5. The number of hydrogen-bond donors (Lipinski definition) is 1. The number of para-hydroxylation sites is 1. The van der Waals surface area contributed by atoms with Gasteiger partial charge in [0.05, 0.1) is 17.7 Å². The van der Waals surface area contributed by atoms with Gasteiger partial charge in [0.15, 0.2) is 6.23 Å². The Hall–Kier alpha value is -2.16. The highest BCUT2D eigenvalue weighted by Gasteiger charge is 2.57. The Kier molecular flexibility index (Phi) is 4.37. The van der Waals surface area contributed by atoms with Crippen LogP contribution < -0.4 is 10.5 Å². The molecule has 8 nitrogen and oxygen atoms in total. The molecule has 27 heavy (non-hydrogen) atoms. The lowest BCUT2D eigenvalue weighted by atomic mass is 9.81. The van der Waals surface area contributed by atoms with Gasteiger partial charge in [-0.2, -0.15) is 0 Å². The molecule has 1 spiro atoms. The van der Waals surface area contributed by atoms with Crippen molar-refractivity contribution in [1.82, 2.24) is 10.5 Å². The summed E-state index contributed by atoms with van der Waals surface area (Å²) in [4.78, 5) is 39.9. The topological polar surface area (TPSA) is 80.3 Å². The summed E-state index contributed by atoms with van der Waals surface area (Å²) in [5.41, 5.74) is 2.87. The number of rotatable bonds is 1. The molecule has 1 aromatic rings. The number of nitrogens with one attached hydrogen (secondary N) is 1. The highest BCUT2D eigenvalue weighted by Crippen LogP contribution is 2.48. The highest BCUT2D eigenvalue weighted by molar-refractivity contribution is 6.09. The van der Waals surface area contributed by atoms with Gasteiger partial charge in [0, 0.05) is 19.5 Å². The van der Waals surface area contributed by atoms with Crippen molar-refractivity contribution in [2.45, 2.75) is 50.9 Å². The van der Waals surface area contributed by atoms with E-state index < -0.39 is 17.2 Å². The first-order valence-corrected chi connectivity index (χ1v) is 9.25. The third kappa shape index (κ3) is 3.07. The van der Waals surface area contributed by atoms with E-state index in [2.05, 4.69) is 5.64 Å². The summed E-state index contributed by atoms with van der Waals surface area (Å²) >= 11 is 0. The van der Waals surface area contributed by atoms with Gasteiger partial charge in [-0.1, -0.05) is 23.8 Å². The first-order valence-electron chi connectivity index (χ1n) is 9.25. The van der Waals surface area contributed by atoms with Crippen molar-refractivity contribution in [3.05, 3.63) is 29.8 Å². The zero-order valence-electron chi connectivity index (χ0n) is 15.9. The third-order valence-electron chi connectivity index (χ3n) is 5.23. The Morgan fingerprint density at radius 3 is 2.81 bits per heavy atom. The maximum absolute atomic E-state index is 13.5. The molecule has 2 atom stereocenters. The number of anilines is 1. The van der Waals surface area contributed by atoms with Gasteiger partial charge in [-0.3, -0.25) is 19.4 Å². The molecule has 1 aromatic carbocycles. The minimum atomic E-state index is -0.755. The molecule has 3 heterocycles. The second-order valence-corrected chi connectivity index (χ2v) is 8.22. The fraction of sp³-hybridized carbons (Fsp3) is 0.579. The molecule has 2 fully saturated rings. The molecule has 146 valence electrons. The van der Waals surface area contributed by atoms with Crippen molar-refractivity contribution in [2.75, 3.05) is 24.6 Å². The van der Waals surface area contributed by atoms with E-state index >= 15 is 0 Å². The van der Waals surface area contributed by atoms with Gasteiger partial charge >= 0.3 is 6.09 Å². The fourth-order valence-corrected chi connectivity index (χ4v) is 4.05. The van der Waals surface area contributed by atoms with Crippen LogP contribution in [-0.2, 0) is 24.6 Å². The van der Waals surface area contributed by atoms with Gasteiger partial charge in [-0.15, -0.1) is 0 Å². The van der Waals surface area contributed by atoms with Crippen molar-refractivity contribution in [3.8, 4) is 0 Å². The standard InChI is InChI=1S/C19H25N3O5/c1-18(2,3)26-17(24)21-10-9-19(12-21)13-6-4-5-7-14(13)22(16(19)23)15-8-11-25-20-27-15/h4-7,15,20H,8-12H2,1-3H3. The first kappa shape index (κ1) is 18.2. The Bertz CT molecular complexity index is 756. The molecule has 2 amide bonds. The van der Waals surface area contributed by atoms with Crippen LogP contribution >= 0.6 is 0 Å². The van der Waals surface area contributed by atoms with Crippen LogP contribution in [0, 0.1) is 0 Å². The van der Waals surface area contributed by atoms with Crippen LogP contribution in [0.1, 0.15) is 39.2 Å². The van der Waals surface area contributed by atoms with Gasteiger partial charge in [0.2, 0.25) is 5.91 Å². The minimum absolute atomic E-state index is 0.0385. The van der Waals surface area contributed by atoms with E-state index in [0.29, 0.717) is 32.5 Å². The van der Waals surface area contributed by atoms with Crippen molar-refractivity contribution in [1.29, 1.82) is 0 Å². The molecule has 3 aliphatic rings. The first-order chi connectivity index (χ1) is 12.8. The molecule has 2 saturated heterocycles. The van der Waals surface area contributed by atoms with Crippen LogP contribution in [0.25, 0.3) is 0 Å². The highest BCUT2D eigenvalue weighted by atomic mass is 16.9. The van der Waals surface area contributed by atoms with E-state index in [4.69, 9.17) is 14.4 Å². The number of hydrogen-bond acceptors (Lipinski definition) is 6. The van der Waals surface area contributed by atoms with E-state index in [1.54, 1.807) is 9.80 Å². The Morgan fingerprint density at radius 2 is 2.11 bits per heavy atom. The van der Waals surface area contributed by atoms with Crippen molar-refractivity contribution < 1.29 is 24.0 Å². The molecule has 8 heteroatoms. The largest absolute Gasteiger partial charge is 0.444 e. The van der Waals surface area contributed by atoms with Crippen LogP contribution in [0.3, 0.4) is 0 Å². The molecule has 0 saturated carbocycles. The molecule has 0 aliphatic carbocycles. The average Bonchev–Trinajstić information content (AvgIpc) is 3.17. The van der Waals surface area contributed by atoms with Gasteiger partial charge in [-0.25, -0.2) is 4.79 Å². The number of fused-ring (bicyclic) bond motifs is 2. The van der Waals surface area contributed by atoms with E-state index in [1.165, 1.54) is 0 Å². The zero-order chi connectivity index (χ0) is 19.2. The summed E-state index contributed by atoms with van der Waals surface area (Å²) in [5, 5.41) is 0. The zero-order valence-corrected chi connectivity index (χ0v) is 15.9. The summed E-state index contributed by atoms with van der Waals surface area (Å²) in [5.74, 6) is -0.0385. The van der Waals surface area contributed by atoms with Crippen molar-refractivity contribution in [3.63, 3.8) is 0 Å². The monoisotopic (exact) mass is 375 g/mol. The summed E-state index contributed by atoms with van der Waals surface area (Å²) in [6.07, 6.45) is 0.309. The van der Waals surface area contributed by atoms with Gasteiger partial charge in [-0.05, 0) is 38.8 Å². The molecule has 4 rings (SSSR count). The number of ether oxygens (including phenoxy) is 1. The van der Waals surface area contributed by atoms with Crippen LogP contribution in [0.5, 0.6) is 0 Å². The quantitative estimate of drug-likeness (QED) is 0.810. The van der Waals surface area contributed by atoms with E-state index in [9.17, 15) is 9.59 Å². The maximum atomic E-state index is 13.5. The van der Waals surface area contributed by atoms with Crippen molar-refractivity contribution >= 4 is 17.7 Å². The maximum Gasteiger partial charge on any atom is 0.410 e. The number of likely N-dealkylation sites (tertiary alicyclic amines) is 1. The van der Waals surface area contributed by atoms with Crippen LogP contribution in [0.2, 0.25) is 0 Å². The molecule has 3 aliphatic heterocycles. The summed E-state index contributed by atoms with van der Waals surface area (Å²) in [7, 11) is 0. The predicted molar refractivity (Wildman–Crippen MR) is 96.6 cm³/mol. The Labute approximate surface area is 158 Å². The molecule has 1 N–H and O–H groups in total. The smallest absolute Gasteiger partial charge is 0.410 e. The van der Waals surface area contributed by atoms with Gasteiger partial charge < -0.3 is 9.64 Å². The van der Waals surface area contributed by atoms with Crippen molar-refractivity contribution in [2.24, 2.45) is 0 Å². The number of amides is 2. The lowest BCUT2D eigenvalue weighted by molar-refractivity contribution is -0.238. The average molecular weight is 375 g/mol. The SMILES string of the molecule is CC(C)(C)OC(=O)N1CCC2(C1)C(=O)N(C1CCONO1)c1ccccc12. The summed E-state index contributed by atoms with van der Waals surface area (Å²) in [6.45, 7) is 6.76. The summed E-state index contributed by atoms with van der Waals surface area (Å²) in [6, 6.07) is 7.73. The lowest BCUT2D eigenvalue weighted by Crippen LogP contribution is -2.51. The molecule has 0 bridgehead atoms. The Balaban J connectivity index is 1.63. The van der Waals surface area contributed by atoms with E-state index in [-0.39, 0.29) is 12.0 Å². The number of nitrogens with zero attached hydrogens (tertiary/aromatic N) is 2. The predicted octanol–water partition coefficient (Wildman–Crippen LogP) is 2.09.